The number of ketones is 1. The van der Waals surface area contributed by atoms with Crippen LogP contribution in [0.15, 0.2) is 5.16 Å². The van der Waals surface area contributed by atoms with E-state index in [1.54, 1.807) is 14.0 Å². The summed E-state index contributed by atoms with van der Waals surface area (Å²) in [4.78, 5) is 30.0. The molecule has 4 saturated carbocycles. The Hall–Kier alpha value is -1.39. The lowest BCUT2D eigenvalue weighted by molar-refractivity contribution is -0.192. The van der Waals surface area contributed by atoms with Crippen molar-refractivity contribution in [3.63, 3.8) is 0 Å². The molecule has 0 aliphatic heterocycles. The van der Waals surface area contributed by atoms with Gasteiger partial charge in [-0.2, -0.15) is 0 Å². The van der Waals surface area contributed by atoms with Gasteiger partial charge < -0.3 is 9.57 Å². The summed E-state index contributed by atoms with van der Waals surface area (Å²) in [6, 6.07) is 0. The second kappa shape index (κ2) is 7.34. The first kappa shape index (κ1) is 21.8. The van der Waals surface area contributed by atoms with Crippen LogP contribution in [0.4, 0.5) is 0 Å². The predicted octanol–water partition coefficient (Wildman–Crippen LogP) is 5.17. The quantitative estimate of drug-likeness (QED) is 0.469. The SMILES string of the molecule is CO/N=C1/CC[C@]2(C)[C@H]3CC[C@@]4(C)[C@@H](CC[C@]4(OC(C)=O)C(C)=O)[C@@H]3C[C@H](C)[C@@H]2C1. The molecule has 4 fully saturated rings. The Morgan fingerprint density at radius 3 is 2.37 bits per heavy atom. The van der Waals surface area contributed by atoms with Crippen LogP contribution >= 0.6 is 0 Å². The number of carbonyl (C=O) groups excluding carboxylic acids is 2. The maximum Gasteiger partial charge on any atom is 0.303 e. The topological polar surface area (TPSA) is 65.0 Å². The van der Waals surface area contributed by atoms with E-state index in [1.165, 1.54) is 25.5 Å². The molecule has 0 saturated heterocycles. The number of nitrogens with zero attached hydrogens (tertiary/aromatic N) is 1. The fourth-order valence-corrected chi connectivity index (χ4v) is 8.80. The Morgan fingerprint density at radius 2 is 1.73 bits per heavy atom. The monoisotopic (exact) mass is 417 g/mol. The maximum atomic E-state index is 12.9. The molecule has 4 rings (SSSR count). The summed E-state index contributed by atoms with van der Waals surface area (Å²) in [5.41, 5.74) is 0.364. The smallest absolute Gasteiger partial charge is 0.303 e. The Balaban J connectivity index is 1.66. The molecule has 4 aliphatic carbocycles. The van der Waals surface area contributed by atoms with Crippen molar-refractivity contribution in [3.05, 3.63) is 0 Å². The molecule has 0 spiro atoms. The van der Waals surface area contributed by atoms with E-state index in [1.807, 2.05) is 0 Å². The Morgan fingerprint density at radius 1 is 1.03 bits per heavy atom. The highest BCUT2D eigenvalue weighted by atomic mass is 16.6. The predicted molar refractivity (Wildman–Crippen MR) is 116 cm³/mol. The van der Waals surface area contributed by atoms with Gasteiger partial charge in [-0.1, -0.05) is 25.9 Å². The van der Waals surface area contributed by atoms with Crippen LogP contribution in [-0.2, 0) is 19.2 Å². The number of carbonyl (C=O) groups is 2. The lowest BCUT2D eigenvalue weighted by Crippen LogP contribution is -2.60. The lowest BCUT2D eigenvalue weighted by Gasteiger charge is -2.62. The van der Waals surface area contributed by atoms with Gasteiger partial charge in [0.1, 0.15) is 7.11 Å². The Labute approximate surface area is 181 Å². The average Bonchev–Trinajstić information content (AvgIpc) is 2.96. The number of Topliss-reactive ketones (excluding diaryl/α,β-unsaturated/α-hetero) is 1. The number of oxime groups is 1. The van der Waals surface area contributed by atoms with Crippen molar-refractivity contribution in [2.45, 2.75) is 91.6 Å². The molecule has 0 unspecified atom stereocenters. The van der Waals surface area contributed by atoms with Crippen LogP contribution in [0.5, 0.6) is 0 Å². The minimum atomic E-state index is -0.930. The Bertz CT molecular complexity index is 762. The zero-order chi connectivity index (χ0) is 21.9. The lowest BCUT2D eigenvalue weighted by atomic mass is 9.42. The van der Waals surface area contributed by atoms with Crippen molar-refractivity contribution in [3.8, 4) is 0 Å². The molecule has 0 aromatic heterocycles. The molecule has 0 heterocycles. The van der Waals surface area contributed by atoms with Gasteiger partial charge in [0.2, 0.25) is 0 Å². The van der Waals surface area contributed by atoms with E-state index in [4.69, 9.17) is 9.57 Å². The summed E-state index contributed by atoms with van der Waals surface area (Å²) in [6.45, 7) is 10.3. The fraction of sp³-hybridized carbons (Fsp3) is 0.880. The van der Waals surface area contributed by atoms with E-state index in [9.17, 15) is 9.59 Å². The zero-order valence-corrected chi connectivity index (χ0v) is 19.6. The first-order valence-corrected chi connectivity index (χ1v) is 11.9. The summed E-state index contributed by atoms with van der Waals surface area (Å²) in [5.74, 6) is 2.73. The molecule has 0 amide bonds. The third-order valence-electron chi connectivity index (χ3n) is 10.1. The van der Waals surface area contributed by atoms with Crippen molar-refractivity contribution in [2.24, 2.45) is 45.6 Å². The number of rotatable bonds is 3. The van der Waals surface area contributed by atoms with Gasteiger partial charge in [0.25, 0.3) is 0 Å². The molecule has 0 aromatic carbocycles. The molecule has 0 aromatic rings. The van der Waals surface area contributed by atoms with Crippen LogP contribution in [0, 0.1) is 40.4 Å². The van der Waals surface area contributed by atoms with E-state index in [0.29, 0.717) is 41.4 Å². The van der Waals surface area contributed by atoms with E-state index in [-0.39, 0.29) is 17.2 Å². The number of hydrogen-bond donors (Lipinski definition) is 0. The van der Waals surface area contributed by atoms with Crippen LogP contribution in [0.1, 0.15) is 86.0 Å². The second-order valence-electron chi connectivity index (χ2n) is 11.2. The van der Waals surface area contributed by atoms with Crippen molar-refractivity contribution < 1.29 is 19.2 Å². The second-order valence-corrected chi connectivity index (χ2v) is 11.2. The van der Waals surface area contributed by atoms with Gasteiger partial charge in [0, 0.05) is 12.3 Å². The van der Waals surface area contributed by atoms with Gasteiger partial charge in [-0.15, -0.1) is 0 Å². The first-order valence-electron chi connectivity index (χ1n) is 11.9. The summed E-state index contributed by atoms with van der Waals surface area (Å²) in [6.07, 6.45) is 8.26. The largest absolute Gasteiger partial charge is 0.451 e. The van der Waals surface area contributed by atoms with Crippen LogP contribution in [0.2, 0.25) is 0 Å². The Kier molecular flexibility index (Phi) is 5.34. The number of esters is 1. The standard InChI is InChI=1S/C25H39NO4/c1-15-13-19-20(23(4)10-7-18(26-29-6)14-22(15)23)8-11-24(5)21(19)9-12-25(24,16(2)27)30-17(3)28/h15,19-22H,7-14H2,1-6H3/b26-18-/t15-,19+,20-,21-,22-,23+,24-,25-/m0/s1. The summed E-state index contributed by atoms with van der Waals surface area (Å²) < 4.78 is 5.89. The van der Waals surface area contributed by atoms with Crippen LogP contribution in [-0.4, -0.2) is 30.2 Å². The van der Waals surface area contributed by atoms with Gasteiger partial charge in [0.05, 0.1) is 5.71 Å². The molecule has 168 valence electrons. The first-order chi connectivity index (χ1) is 14.1. The highest BCUT2D eigenvalue weighted by molar-refractivity contribution is 5.89. The van der Waals surface area contributed by atoms with Gasteiger partial charge in [-0.05, 0) is 93.3 Å². The number of hydrogen-bond acceptors (Lipinski definition) is 5. The van der Waals surface area contributed by atoms with Gasteiger partial charge in [-0.3, -0.25) is 9.59 Å². The minimum absolute atomic E-state index is 0.0344. The van der Waals surface area contributed by atoms with Gasteiger partial charge >= 0.3 is 5.97 Å². The molecule has 30 heavy (non-hydrogen) atoms. The zero-order valence-electron chi connectivity index (χ0n) is 19.6. The summed E-state index contributed by atoms with van der Waals surface area (Å²) >= 11 is 0. The number of ether oxygens (including phenoxy) is 1. The molecule has 4 aliphatic rings. The van der Waals surface area contributed by atoms with Crippen molar-refractivity contribution >= 4 is 17.5 Å². The van der Waals surface area contributed by atoms with Crippen LogP contribution < -0.4 is 0 Å². The van der Waals surface area contributed by atoms with E-state index in [0.717, 1.165) is 32.1 Å². The maximum absolute atomic E-state index is 12.9. The number of fused-ring (bicyclic) bond motifs is 5. The minimum Gasteiger partial charge on any atom is -0.451 e. The van der Waals surface area contributed by atoms with Gasteiger partial charge in [-0.25, -0.2) is 0 Å². The highest BCUT2D eigenvalue weighted by Crippen LogP contribution is 2.69. The molecule has 8 atom stereocenters. The summed E-state index contributed by atoms with van der Waals surface area (Å²) in [7, 11) is 1.65. The van der Waals surface area contributed by atoms with Crippen molar-refractivity contribution in [2.75, 3.05) is 7.11 Å². The van der Waals surface area contributed by atoms with Crippen LogP contribution in [0.3, 0.4) is 0 Å². The third-order valence-corrected chi connectivity index (χ3v) is 10.1. The third kappa shape index (κ3) is 2.90. The highest BCUT2D eigenvalue weighted by Gasteiger charge is 2.68. The normalized spacial score (nSPS) is 49.0. The average molecular weight is 418 g/mol. The van der Waals surface area contributed by atoms with E-state index < -0.39 is 5.60 Å². The molecule has 0 bridgehead atoms. The van der Waals surface area contributed by atoms with Crippen molar-refractivity contribution in [1.82, 2.24) is 0 Å². The fourth-order valence-electron chi connectivity index (χ4n) is 8.80. The molecule has 5 nitrogen and oxygen atoms in total. The molecular weight excluding hydrogens is 378 g/mol. The summed E-state index contributed by atoms with van der Waals surface area (Å²) in [5, 5.41) is 4.31. The van der Waals surface area contributed by atoms with Crippen molar-refractivity contribution in [1.29, 1.82) is 0 Å². The van der Waals surface area contributed by atoms with Gasteiger partial charge in [0.15, 0.2) is 11.4 Å². The molecule has 0 radical (unpaired) electrons. The van der Waals surface area contributed by atoms with E-state index in [2.05, 4.69) is 25.9 Å². The van der Waals surface area contributed by atoms with Crippen LogP contribution in [0.25, 0.3) is 0 Å². The molecule has 5 heteroatoms. The molecule has 0 N–H and O–H groups in total. The van der Waals surface area contributed by atoms with E-state index >= 15 is 0 Å². The molecular formula is C25H39NO4.